The van der Waals surface area contributed by atoms with Crippen LogP contribution in [0.2, 0.25) is 0 Å². The molecular weight excluding hydrogens is 313 g/mol. The summed E-state index contributed by atoms with van der Waals surface area (Å²) in [6.45, 7) is 0. The molecule has 0 bridgehead atoms. The van der Waals surface area contributed by atoms with Crippen LogP contribution in [0.5, 0.6) is 0 Å². The van der Waals surface area contributed by atoms with E-state index in [1.54, 1.807) is 0 Å². The van der Waals surface area contributed by atoms with Gasteiger partial charge in [-0.25, -0.2) is 4.57 Å². The fraction of sp³-hybridized carbons (Fsp3) is 0. The van der Waals surface area contributed by atoms with E-state index in [1.807, 2.05) is 0 Å². The normalized spacial score (nSPS) is 8.36. The molecule has 0 amide bonds. The van der Waals surface area contributed by atoms with Gasteiger partial charge in [-0.1, -0.05) is 0 Å². The first kappa shape index (κ1) is 36.1. The van der Waals surface area contributed by atoms with Crippen molar-refractivity contribution in [3.63, 3.8) is 0 Å². The summed E-state index contributed by atoms with van der Waals surface area (Å²) in [4.78, 5) is 21.6. The van der Waals surface area contributed by atoms with Gasteiger partial charge in [-0.15, -0.1) is 12.4 Å². The van der Waals surface area contributed by atoms with Crippen molar-refractivity contribution < 1.29 is 36.8 Å². The molecule has 0 rings (SSSR count). The summed E-state index contributed by atoms with van der Waals surface area (Å²) in [6, 6.07) is 0. The molecule has 0 fully saturated rings. The summed E-state index contributed by atoms with van der Waals surface area (Å²) in [7, 11) is -9.31. The molecule has 0 aromatic rings. The average molecular weight is 323 g/mol. The van der Waals surface area contributed by atoms with Gasteiger partial charge in [-0.3, -0.25) is 9.11 Å². The Morgan fingerprint density at radius 3 is 1.00 bits per heavy atom. The summed E-state index contributed by atoms with van der Waals surface area (Å²) in [5, 5.41) is 0. The summed E-state index contributed by atoms with van der Waals surface area (Å²) in [6.07, 6.45) is 0. The standard InChI is InChI=1S/ClH.K.Mg.Na.H3O4P.H2O4S.4H/c;;;;2*1-5(2,3)4;;;;/h1H;;;;(H3,1,2,3,4);(H2,1,2,3,4);;;;. The Morgan fingerprint density at radius 1 is 1.00 bits per heavy atom. The van der Waals surface area contributed by atoms with Crippen LogP contribution < -0.4 is 0 Å². The van der Waals surface area contributed by atoms with Crippen molar-refractivity contribution in [2.75, 3.05) is 0 Å². The van der Waals surface area contributed by atoms with Crippen LogP contribution in [-0.4, -0.2) is 136 Å². The third-order valence-electron chi connectivity index (χ3n) is 0. The maximum absolute atomic E-state index is 8.88. The number of halogens is 1. The van der Waals surface area contributed by atoms with Crippen molar-refractivity contribution in [3.05, 3.63) is 0 Å². The second-order valence-corrected chi connectivity index (χ2v) is 2.88. The Balaban J connectivity index is -0.0000000178. The number of hydrogen-bond donors (Lipinski definition) is 5. The molecule has 0 aromatic carbocycles. The van der Waals surface area contributed by atoms with Gasteiger partial charge >= 0.3 is 122 Å². The van der Waals surface area contributed by atoms with Crippen molar-refractivity contribution in [1.82, 2.24) is 0 Å². The van der Waals surface area contributed by atoms with E-state index in [0.29, 0.717) is 0 Å². The molecule has 0 atom stereocenters. The summed E-state index contributed by atoms with van der Waals surface area (Å²) in [5.41, 5.74) is 0. The first-order valence-electron chi connectivity index (χ1n) is 1.48. The molecule has 80 valence electrons. The van der Waals surface area contributed by atoms with E-state index in [9.17, 15) is 0 Å². The molecule has 0 spiro atoms. The average Bonchev–Trinajstić information content (AvgIpc) is 1.12. The van der Waals surface area contributed by atoms with Gasteiger partial charge in [0.1, 0.15) is 0 Å². The second kappa shape index (κ2) is 16.7. The number of hydrogen-bond acceptors (Lipinski definition) is 3. The topological polar surface area (TPSA) is 152 Å². The number of rotatable bonds is 0. The van der Waals surface area contributed by atoms with E-state index in [1.165, 1.54) is 0 Å². The molecule has 0 aliphatic rings. The zero-order valence-corrected chi connectivity index (χ0v) is 7.25. The maximum atomic E-state index is 8.88. The molecule has 8 nitrogen and oxygen atoms in total. The van der Waals surface area contributed by atoms with Crippen molar-refractivity contribution in [3.8, 4) is 0 Å². The Kier molecular flexibility index (Phi) is 42.9. The molecule has 0 saturated carbocycles. The molecule has 0 aliphatic heterocycles. The predicted octanol–water partition coefficient (Wildman–Crippen LogP) is -3.37. The third kappa shape index (κ3) is 250. The zero-order valence-electron chi connectivity index (χ0n) is 4.72. The Morgan fingerprint density at radius 2 is 1.00 bits per heavy atom. The van der Waals surface area contributed by atoms with Crippen molar-refractivity contribution >= 4 is 135 Å². The predicted molar refractivity (Wildman–Crippen MR) is 58.5 cm³/mol. The van der Waals surface area contributed by atoms with Gasteiger partial charge < -0.3 is 14.7 Å². The van der Waals surface area contributed by atoms with Crippen molar-refractivity contribution in [1.29, 1.82) is 0 Å². The Bertz CT molecular complexity index is 207. The molecule has 14 heteroatoms. The molecule has 0 aliphatic carbocycles. The monoisotopic (exact) mass is 322 g/mol. The molecule has 14 heavy (non-hydrogen) atoms. The molecule has 0 radical (unpaired) electrons. The minimum atomic E-state index is -4.67. The molecular formula is H10ClKMgNaO8PS. The zero-order chi connectivity index (χ0) is 9.00. The van der Waals surface area contributed by atoms with Crippen LogP contribution in [0.15, 0.2) is 0 Å². The first-order chi connectivity index (χ1) is 4.00. The fourth-order valence-electron chi connectivity index (χ4n) is 0. The SMILES string of the molecule is Cl.O=P(O)(O)O.O=S(=O)(O)O.[KH].[MgH2].[NaH]. The third-order valence-corrected chi connectivity index (χ3v) is 0. The molecule has 0 aromatic heterocycles. The van der Waals surface area contributed by atoms with Gasteiger partial charge in [0, 0.05) is 0 Å². The van der Waals surface area contributed by atoms with Gasteiger partial charge in [0.25, 0.3) is 0 Å². The quantitative estimate of drug-likeness (QED) is 0.176. The summed E-state index contributed by atoms with van der Waals surface area (Å²) < 4.78 is 40.5. The van der Waals surface area contributed by atoms with Gasteiger partial charge in [0.05, 0.1) is 0 Å². The van der Waals surface area contributed by atoms with Crippen LogP contribution >= 0.6 is 20.2 Å². The summed E-state index contributed by atoms with van der Waals surface area (Å²) >= 11 is 0. The fourth-order valence-corrected chi connectivity index (χ4v) is 0. The van der Waals surface area contributed by atoms with E-state index in [2.05, 4.69) is 0 Å². The second-order valence-electron chi connectivity index (χ2n) is 0.961. The van der Waals surface area contributed by atoms with Crippen LogP contribution in [0.1, 0.15) is 0 Å². The Labute approximate surface area is 168 Å². The van der Waals surface area contributed by atoms with Crippen LogP contribution in [0.25, 0.3) is 0 Å². The first-order valence-corrected chi connectivity index (χ1v) is 4.44. The minimum absolute atomic E-state index is 0. The van der Waals surface area contributed by atoms with E-state index >= 15 is 0 Å². The van der Waals surface area contributed by atoms with Gasteiger partial charge in [0.15, 0.2) is 0 Å². The Hall–Kier alpha value is 3.67. The van der Waals surface area contributed by atoms with Crippen molar-refractivity contribution in [2.24, 2.45) is 0 Å². The molecule has 0 unspecified atom stereocenters. The van der Waals surface area contributed by atoms with E-state index in [4.69, 9.17) is 36.8 Å². The van der Waals surface area contributed by atoms with Crippen molar-refractivity contribution in [2.45, 2.75) is 0 Å². The summed E-state index contributed by atoms with van der Waals surface area (Å²) in [5.74, 6) is 0. The molecule has 5 N–H and O–H groups in total. The van der Waals surface area contributed by atoms with Gasteiger partial charge in [0.2, 0.25) is 0 Å². The van der Waals surface area contributed by atoms with Crippen LogP contribution in [0.4, 0.5) is 0 Å². The van der Waals surface area contributed by atoms with E-state index in [-0.39, 0.29) is 116 Å². The van der Waals surface area contributed by atoms with Crippen LogP contribution in [-0.2, 0) is 15.0 Å². The van der Waals surface area contributed by atoms with E-state index in [0.717, 1.165) is 0 Å². The van der Waals surface area contributed by atoms with Gasteiger partial charge in [-0.2, -0.15) is 8.42 Å². The van der Waals surface area contributed by atoms with Gasteiger partial charge in [-0.05, 0) is 0 Å². The number of phosphoric acid groups is 1. The molecule has 0 saturated heterocycles. The van der Waals surface area contributed by atoms with Crippen LogP contribution in [0, 0.1) is 0 Å². The molecule has 0 heterocycles. The van der Waals surface area contributed by atoms with Crippen LogP contribution in [0.3, 0.4) is 0 Å². The van der Waals surface area contributed by atoms with E-state index < -0.39 is 18.2 Å².